The second-order valence-electron chi connectivity index (χ2n) is 4.10. The third-order valence-corrected chi connectivity index (χ3v) is 2.90. The van der Waals surface area contributed by atoms with Crippen molar-refractivity contribution in [3.8, 4) is 11.6 Å². The number of nitro benzene ring substituents is 1. The van der Waals surface area contributed by atoms with E-state index < -0.39 is 4.92 Å². The highest BCUT2D eigenvalue weighted by atomic mass is 35.5. The van der Waals surface area contributed by atoms with Crippen LogP contribution in [0, 0.1) is 17.0 Å². The molecular formula is C13H11ClN2O4. The van der Waals surface area contributed by atoms with Gasteiger partial charge in [-0.3, -0.25) is 10.1 Å². The van der Waals surface area contributed by atoms with E-state index in [1.807, 2.05) is 0 Å². The molecule has 0 aliphatic carbocycles. The number of halogens is 1. The number of benzene rings is 1. The maximum atomic E-state index is 10.7. The van der Waals surface area contributed by atoms with Crippen LogP contribution in [0.4, 0.5) is 5.69 Å². The zero-order valence-electron chi connectivity index (χ0n) is 10.5. The van der Waals surface area contributed by atoms with Crippen LogP contribution in [0.2, 0.25) is 5.02 Å². The van der Waals surface area contributed by atoms with Gasteiger partial charge in [-0.2, -0.15) is 0 Å². The number of aliphatic hydroxyl groups excluding tert-OH is 1. The summed E-state index contributed by atoms with van der Waals surface area (Å²) in [4.78, 5) is 14.2. The van der Waals surface area contributed by atoms with E-state index in [-0.39, 0.29) is 17.3 Å². The first-order chi connectivity index (χ1) is 9.51. The molecule has 0 radical (unpaired) electrons. The maximum Gasteiger partial charge on any atom is 0.288 e. The zero-order valence-corrected chi connectivity index (χ0v) is 11.3. The van der Waals surface area contributed by atoms with Crippen LogP contribution >= 0.6 is 11.6 Å². The Morgan fingerprint density at radius 3 is 2.75 bits per heavy atom. The highest BCUT2D eigenvalue weighted by molar-refractivity contribution is 6.32. The summed E-state index contributed by atoms with van der Waals surface area (Å²) in [7, 11) is 0. The number of nitrogens with zero attached hydrogens (tertiary/aromatic N) is 2. The van der Waals surface area contributed by atoms with Gasteiger partial charge in [0.25, 0.3) is 5.69 Å². The Bertz CT molecular complexity index is 661. The number of ether oxygens (including phenoxy) is 1. The van der Waals surface area contributed by atoms with Crippen molar-refractivity contribution in [2.45, 2.75) is 13.5 Å². The average Bonchev–Trinajstić information content (AvgIpc) is 2.40. The van der Waals surface area contributed by atoms with Crippen LogP contribution in [-0.2, 0) is 6.61 Å². The smallest absolute Gasteiger partial charge is 0.288 e. The molecule has 0 amide bonds. The van der Waals surface area contributed by atoms with E-state index in [0.717, 1.165) is 5.56 Å². The lowest BCUT2D eigenvalue weighted by Crippen LogP contribution is -1.95. The fraction of sp³-hybridized carbons (Fsp3) is 0.154. The number of nitro groups is 1. The third-order valence-electron chi connectivity index (χ3n) is 2.60. The normalized spacial score (nSPS) is 10.3. The monoisotopic (exact) mass is 294 g/mol. The predicted octanol–water partition coefficient (Wildman–Crippen LogP) is 3.24. The number of hydrogen-bond acceptors (Lipinski definition) is 5. The number of aromatic nitrogens is 1. The number of aliphatic hydroxyl groups is 1. The zero-order chi connectivity index (χ0) is 14.7. The average molecular weight is 295 g/mol. The first-order valence-corrected chi connectivity index (χ1v) is 6.07. The van der Waals surface area contributed by atoms with E-state index in [0.29, 0.717) is 17.2 Å². The molecule has 0 saturated heterocycles. The molecule has 0 bridgehead atoms. The second-order valence-corrected chi connectivity index (χ2v) is 4.50. The summed E-state index contributed by atoms with van der Waals surface area (Å²) in [6, 6.07) is 5.83. The standard InChI is InChI=1S/C13H11ClN2O4/c1-8-4-9(7-17)6-15-13(8)20-10-2-3-12(16(18)19)11(14)5-10/h2-6,17H,7H2,1H3. The van der Waals surface area contributed by atoms with Crippen molar-refractivity contribution in [2.75, 3.05) is 0 Å². The molecule has 20 heavy (non-hydrogen) atoms. The number of pyridine rings is 1. The van der Waals surface area contributed by atoms with Crippen molar-refractivity contribution in [1.82, 2.24) is 4.98 Å². The van der Waals surface area contributed by atoms with Crippen LogP contribution in [-0.4, -0.2) is 15.0 Å². The Morgan fingerprint density at radius 2 is 2.20 bits per heavy atom. The van der Waals surface area contributed by atoms with Gasteiger partial charge in [-0.15, -0.1) is 0 Å². The maximum absolute atomic E-state index is 10.7. The van der Waals surface area contributed by atoms with E-state index in [2.05, 4.69) is 4.98 Å². The first-order valence-electron chi connectivity index (χ1n) is 5.69. The highest BCUT2D eigenvalue weighted by Gasteiger charge is 2.13. The minimum atomic E-state index is -0.564. The van der Waals surface area contributed by atoms with Crippen molar-refractivity contribution >= 4 is 17.3 Å². The van der Waals surface area contributed by atoms with E-state index in [1.54, 1.807) is 13.0 Å². The molecule has 0 spiro atoms. The lowest BCUT2D eigenvalue weighted by Gasteiger charge is -2.08. The molecular weight excluding hydrogens is 284 g/mol. The van der Waals surface area contributed by atoms with Crippen molar-refractivity contribution < 1.29 is 14.8 Å². The van der Waals surface area contributed by atoms with E-state index >= 15 is 0 Å². The molecule has 0 saturated carbocycles. The summed E-state index contributed by atoms with van der Waals surface area (Å²) < 4.78 is 5.52. The molecule has 1 heterocycles. The van der Waals surface area contributed by atoms with Gasteiger partial charge in [0.1, 0.15) is 10.8 Å². The Kier molecular flexibility index (Phi) is 4.16. The molecule has 0 unspecified atom stereocenters. The van der Waals surface area contributed by atoms with E-state index in [1.165, 1.54) is 24.4 Å². The molecule has 0 aliphatic rings. The number of hydrogen-bond donors (Lipinski definition) is 1. The van der Waals surface area contributed by atoms with Gasteiger partial charge < -0.3 is 9.84 Å². The predicted molar refractivity (Wildman–Crippen MR) is 73.1 cm³/mol. The summed E-state index contributed by atoms with van der Waals surface area (Å²) in [5.74, 6) is 0.708. The molecule has 1 aromatic heterocycles. The number of aryl methyl sites for hydroxylation is 1. The van der Waals surface area contributed by atoms with E-state index in [4.69, 9.17) is 21.4 Å². The van der Waals surface area contributed by atoms with Crippen LogP contribution in [0.15, 0.2) is 30.5 Å². The second kappa shape index (κ2) is 5.85. The minimum absolute atomic E-state index is 0.00266. The van der Waals surface area contributed by atoms with Gasteiger partial charge in [-0.25, -0.2) is 4.98 Å². The first kappa shape index (κ1) is 14.2. The molecule has 0 fully saturated rings. The van der Waals surface area contributed by atoms with Gasteiger partial charge in [0.15, 0.2) is 0 Å². The lowest BCUT2D eigenvalue weighted by molar-refractivity contribution is -0.384. The van der Waals surface area contributed by atoms with Crippen LogP contribution < -0.4 is 4.74 Å². The van der Waals surface area contributed by atoms with Crippen LogP contribution in [0.5, 0.6) is 11.6 Å². The molecule has 1 N–H and O–H groups in total. The molecule has 2 aromatic rings. The summed E-state index contributed by atoms with van der Waals surface area (Å²) in [5, 5.41) is 19.7. The summed E-state index contributed by atoms with van der Waals surface area (Å²) in [6.45, 7) is 1.69. The Labute approximate surface area is 119 Å². The van der Waals surface area contributed by atoms with Gasteiger partial charge in [0.2, 0.25) is 5.88 Å². The molecule has 6 nitrogen and oxygen atoms in total. The van der Waals surface area contributed by atoms with Gasteiger partial charge in [0, 0.05) is 23.9 Å². The van der Waals surface area contributed by atoms with Crippen molar-refractivity contribution in [3.05, 3.63) is 56.7 Å². The van der Waals surface area contributed by atoms with Gasteiger partial charge >= 0.3 is 0 Å². The van der Waals surface area contributed by atoms with Gasteiger partial charge in [-0.1, -0.05) is 11.6 Å². The molecule has 0 atom stereocenters. The van der Waals surface area contributed by atoms with Gasteiger partial charge in [0.05, 0.1) is 11.5 Å². The Morgan fingerprint density at radius 1 is 1.45 bits per heavy atom. The van der Waals surface area contributed by atoms with E-state index in [9.17, 15) is 10.1 Å². The number of rotatable bonds is 4. The highest BCUT2D eigenvalue weighted by Crippen LogP contribution is 2.31. The molecule has 0 aliphatic heterocycles. The molecule has 7 heteroatoms. The third kappa shape index (κ3) is 3.04. The Balaban J connectivity index is 2.26. The largest absolute Gasteiger partial charge is 0.439 e. The summed E-state index contributed by atoms with van der Waals surface area (Å²) in [5.41, 5.74) is 1.24. The minimum Gasteiger partial charge on any atom is -0.439 e. The van der Waals surface area contributed by atoms with Crippen molar-refractivity contribution in [1.29, 1.82) is 0 Å². The van der Waals surface area contributed by atoms with Crippen LogP contribution in [0.1, 0.15) is 11.1 Å². The van der Waals surface area contributed by atoms with Gasteiger partial charge in [-0.05, 0) is 24.6 Å². The summed E-state index contributed by atoms with van der Waals surface area (Å²) in [6.07, 6.45) is 1.50. The van der Waals surface area contributed by atoms with Crippen molar-refractivity contribution in [2.24, 2.45) is 0 Å². The fourth-order valence-electron chi connectivity index (χ4n) is 1.62. The molecule has 2 rings (SSSR count). The topological polar surface area (TPSA) is 85.5 Å². The molecule has 1 aromatic carbocycles. The lowest BCUT2D eigenvalue weighted by atomic mass is 10.2. The molecule has 104 valence electrons. The Hall–Kier alpha value is -2.18. The van der Waals surface area contributed by atoms with Crippen molar-refractivity contribution in [3.63, 3.8) is 0 Å². The quantitative estimate of drug-likeness (QED) is 0.691. The van der Waals surface area contributed by atoms with Crippen LogP contribution in [0.25, 0.3) is 0 Å². The van der Waals surface area contributed by atoms with Crippen LogP contribution in [0.3, 0.4) is 0 Å². The fourth-order valence-corrected chi connectivity index (χ4v) is 1.86. The summed E-state index contributed by atoms with van der Waals surface area (Å²) >= 11 is 5.80. The SMILES string of the molecule is Cc1cc(CO)cnc1Oc1ccc([N+](=O)[O-])c(Cl)c1.